The monoisotopic (exact) mass is 233 g/mol. The van der Waals surface area contributed by atoms with E-state index in [0.717, 1.165) is 17.3 Å². The number of hydrogen-bond acceptors (Lipinski definition) is 3. The van der Waals surface area contributed by atoms with Gasteiger partial charge < -0.3 is 10.6 Å². The second kappa shape index (κ2) is 5.50. The van der Waals surface area contributed by atoms with Crippen LogP contribution < -0.4 is 10.6 Å². The molecule has 2 rings (SSSR count). The maximum atomic E-state index is 5.68. The minimum Gasteiger partial charge on any atom is -0.356 e. The second-order valence-corrected chi connectivity index (χ2v) is 5.17. The van der Waals surface area contributed by atoms with E-state index < -0.39 is 0 Å². The van der Waals surface area contributed by atoms with Gasteiger partial charge in [-0.05, 0) is 36.5 Å². The summed E-state index contributed by atoms with van der Waals surface area (Å²) >= 11 is 0. The Hall–Kier alpha value is -1.09. The summed E-state index contributed by atoms with van der Waals surface area (Å²) in [6.45, 7) is 2.94. The Kier molecular flexibility index (Phi) is 4.00. The first-order valence-corrected chi connectivity index (χ1v) is 6.60. The Morgan fingerprint density at radius 3 is 2.88 bits per heavy atom. The van der Waals surface area contributed by atoms with Crippen LogP contribution in [0.1, 0.15) is 38.2 Å². The Morgan fingerprint density at radius 2 is 2.18 bits per heavy atom. The van der Waals surface area contributed by atoms with E-state index in [4.69, 9.17) is 5.73 Å². The zero-order valence-corrected chi connectivity index (χ0v) is 10.9. The summed E-state index contributed by atoms with van der Waals surface area (Å²) in [5.74, 6) is 1.82. The molecular formula is C14H23N3. The molecule has 1 aromatic rings. The van der Waals surface area contributed by atoms with Crippen molar-refractivity contribution >= 4 is 5.82 Å². The predicted octanol–water partition coefficient (Wildman–Crippen LogP) is 2.56. The van der Waals surface area contributed by atoms with Crippen LogP contribution in [0.5, 0.6) is 0 Å². The normalized spacial score (nSPS) is 24.6. The molecule has 1 aromatic heterocycles. The van der Waals surface area contributed by atoms with Gasteiger partial charge in [0.1, 0.15) is 5.82 Å². The zero-order valence-electron chi connectivity index (χ0n) is 10.9. The van der Waals surface area contributed by atoms with E-state index in [-0.39, 0.29) is 0 Å². The largest absolute Gasteiger partial charge is 0.356 e. The van der Waals surface area contributed by atoms with Crippen LogP contribution in [-0.2, 0) is 6.54 Å². The molecule has 0 amide bonds. The molecule has 1 saturated carbocycles. The summed E-state index contributed by atoms with van der Waals surface area (Å²) in [5.41, 5.74) is 6.84. The number of rotatable bonds is 3. The topological polar surface area (TPSA) is 42.1 Å². The summed E-state index contributed by atoms with van der Waals surface area (Å²) in [5, 5.41) is 0. The molecule has 3 heteroatoms. The number of pyridine rings is 1. The van der Waals surface area contributed by atoms with Crippen molar-refractivity contribution in [3.8, 4) is 0 Å². The van der Waals surface area contributed by atoms with E-state index >= 15 is 0 Å². The molecule has 1 fully saturated rings. The molecule has 0 saturated heterocycles. The molecule has 17 heavy (non-hydrogen) atoms. The van der Waals surface area contributed by atoms with Gasteiger partial charge in [-0.3, -0.25) is 0 Å². The molecule has 0 spiro atoms. The van der Waals surface area contributed by atoms with Crippen LogP contribution in [0.3, 0.4) is 0 Å². The van der Waals surface area contributed by atoms with Crippen LogP contribution in [0.4, 0.5) is 5.82 Å². The zero-order chi connectivity index (χ0) is 12.3. The number of nitrogens with two attached hydrogens (primary N) is 1. The van der Waals surface area contributed by atoms with Crippen LogP contribution in [0, 0.1) is 5.92 Å². The highest BCUT2D eigenvalue weighted by molar-refractivity contribution is 5.41. The smallest absolute Gasteiger partial charge is 0.128 e. The Labute approximate surface area is 104 Å². The standard InChI is InChI=1S/C14H23N3/c1-11-5-3-4-6-13(11)17(2)14-9-12(10-15)7-8-16-14/h7-9,11,13H,3-6,10,15H2,1-2H3. The molecule has 94 valence electrons. The quantitative estimate of drug-likeness (QED) is 0.872. The Balaban J connectivity index is 2.14. The van der Waals surface area contributed by atoms with Crippen molar-refractivity contribution in [3.05, 3.63) is 23.9 Å². The fraction of sp³-hybridized carbons (Fsp3) is 0.643. The van der Waals surface area contributed by atoms with Gasteiger partial charge in [0.15, 0.2) is 0 Å². The van der Waals surface area contributed by atoms with E-state index in [1.807, 2.05) is 12.3 Å². The highest BCUT2D eigenvalue weighted by atomic mass is 15.2. The fourth-order valence-corrected chi connectivity index (χ4v) is 2.82. The van der Waals surface area contributed by atoms with Crippen molar-refractivity contribution in [2.75, 3.05) is 11.9 Å². The molecule has 2 atom stereocenters. The molecule has 2 unspecified atom stereocenters. The van der Waals surface area contributed by atoms with Crippen molar-refractivity contribution in [1.29, 1.82) is 0 Å². The third kappa shape index (κ3) is 2.78. The second-order valence-electron chi connectivity index (χ2n) is 5.17. The summed E-state index contributed by atoms with van der Waals surface area (Å²) < 4.78 is 0. The third-order valence-electron chi connectivity index (χ3n) is 3.97. The van der Waals surface area contributed by atoms with E-state index in [9.17, 15) is 0 Å². The third-order valence-corrected chi connectivity index (χ3v) is 3.97. The average Bonchev–Trinajstić information content (AvgIpc) is 2.38. The first kappa shape index (κ1) is 12.4. The van der Waals surface area contributed by atoms with E-state index in [1.165, 1.54) is 25.7 Å². The lowest BCUT2D eigenvalue weighted by Crippen LogP contribution is -2.39. The van der Waals surface area contributed by atoms with Crippen LogP contribution in [0.25, 0.3) is 0 Å². The molecule has 2 N–H and O–H groups in total. The highest BCUT2D eigenvalue weighted by Gasteiger charge is 2.25. The summed E-state index contributed by atoms with van der Waals surface area (Å²) in [6, 6.07) is 4.73. The van der Waals surface area contributed by atoms with E-state index in [1.54, 1.807) is 0 Å². The van der Waals surface area contributed by atoms with Gasteiger partial charge in [-0.1, -0.05) is 19.8 Å². The van der Waals surface area contributed by atoms with Gasteiger partial charge in [0.05, 0.1) is 0 Å². The van der Waals surface area contributed by atoms with E-state index in [2.05, 4.69) is 29.9 Å². The predicted molar refractivity (Wildman–Crippen MR) is 72.0 cm³/mol. The lowest BCUT2D eigenvalue weighted by atomic mass is 9.85. The summed E-state index contributed by atoms with van der Waals surface area (Å²) in [4.78, 5) is 6.80. The van der Waals surface area contributed by atoms with Crippen molar-refractivity contribution in [1.82, 2.24) is 4.98 Å². The molecule has 0 aliphatic heterocycles. The van der Waals surface area contributed by atoms with Gasteiger partial charge in [0.25, 0.3) is 0 Å². The molecule has 1 aliphatic rings. The minimum absolute atomic E-state index is 0.587. The van der Waals surface area contributed by atoms with Gasteiger partial charge in [0, 0.05) is 25.8 Å². The van der Waals surface area contributed by atoms with Gasteiger partial charge in [0.2, 0.25) is 0 Å². The SMILES string of the molecule is CC1CCCCC1N(C)c1cc(CN)ccn1. The van der Waals surface area contributed by atoms with E-state index in [0.29, 0.717) is 12.6 Å². The highest BCUT2D eigenvalue weighted by Crippen LogP contribution is 2.29. The minimum atomic E-state index is 0.587. The van der Waals surface area contributed by atoms with Crippen molar-refractivity contribution < 1.29 is 0 Å². The van der Waals surface area contributed by atoms with Gasteiger partial charge >= 0.3 is 0 Å². The van der Waals surface area contributed by atoms with Crippen LogP contribution in [0.15, 0.2) is 18.3 Å². The first-order valence-electron chi connectivity index (χ1n) is 6.60. The molecular weight excluding hydrogens is 210 g/mol. The molecule has 0 radical (unpaired) electrons. The van der Waals surface area contributed by atoms with Gasteiger partial charge in [-0.2, -0.15) is 0 Å². The number of hydrogen-bond donors (Lipinski definition) is 1. The number of aromatic nitrogens is 1. The van der Waals surface area contributed by atoms with Crippen molar-refractivity contribution in [2.24, 2.45) is 11.7 Å². The number of anilines is 1. The summed E-state index contributed by atoms with van der Waals surface area (Å²) in [6.07, 6.45) is 7.21. The van der Waals surface area contributed by atoms with Gasteiger partial charge in [-0.15, -0.1) is 0 Å². The van der Waals surface area contributed by atoms with Crippen molar-refractivity contribution in [3.63, 3.8) is 0 Å². The maximum absolute atomic E-state index is 5.68. The molecule has 1 aliphatic carbocycles. The maximum Gasteiger partial charge on any atom is 0.128 e. The molecule has 3 nitrogen and oxygen atoms in total. The van der Waals surface area contributed by atoms with Crippen LogP contribution >= 0.6 is 0 Å². The van der Waals surface area contributed by atoms with Crippen LogP contribution in [0.2, 0.25) is 0 Å². The summed E-state index contributed by atoms with van der Waals surface area (Å²) in [7, 11) is 2.16. The lowest BCUT2D eigenvalue weighted by molar-refractivity contribution is 0.320. The lowest BCUT2D eigenvalue weighted by Gasteiger charge is -2.37. The average molecular weight is 233 g/mol. The number of nitrogens with zero attached hydrogens (tertiary/aromatic N) is 2. The van der Waals surface area contributed by atoms with Crippen LogP contribution in [-0.4, -0.2) is 18.1 Å². The molecule has 0 bridgehead atoms. The van der Waals surface area contributed by atoms with Crippen molar-refractivity contribution in [2.45, 2.75) is 45.2 Å². The van der Waals surface area contributed by atoms with Gasteiger partial charge in [-0.25, -0.2) is 4.98 Å². The first-order chi connectivity index (χ1) is 8.22. The fourth-order valence-electron chi connectivity index (χ4n) is 2.82. The Bertz CT molecular complexity index is 364. The Morgan fingerprint density at radius 1 is 1.41 bits per heavy atom. The molecule has 0 aromatic carbocycles. The molecule has 1 heterocycles.